The summed E-state index contributed by atoms with van der Waals surface area (Å²) < 4.78 is 55.6. The number of carbonyl (C=O) groups excluding carboxylic acids is 1. The van der Waals surface area contributed by atoms with E-state index in [0.29, 0.717) is 0 Å². The summed E-state index contributed by atoms with van der Waals surface area (Å²) in [7, 11) is 0. The van der Waals surface area contributed by atoms with Gasteiger partial charge in [-0.3, -0.25) is 4.74 Å². The van der Waals surface area contributed by atoms with Crippen molar-refractivity contribution in [1.29, 1.82) is 0 Å². The van der Waals surface area contributed by atoms with Gasteiger partial charge in [-0.25, -0.2) is 4.79 Å². The molecule has 17 heavy (non-hydrogen) atoms. The molecule has 0 N–H and O–H groups in total. The van der Waals surface area contributed by atoms with Crippen LogP contribution in [0.2, 0.25) is 0 Å². The van der Waals surface area contributed by atoms with E-state index in [1.54, 1.807) is 6.07 Å². The molecule has 0 saturated carbocycles. The number of ether oxygens (including phenoxy) is 2. The van der Waals surface area contributed by atoms with Gasteiger partial charge < -0.3 is 4.74 Å². The number of halogens is 4. The smallest absolute Gasteiger partial charge is 0.437 e. The van der Waals surface area contributed by atoms with Gasteiger partial charge in [0.1, 0.15) is 12.7 Å². The summed E-state index contributed by atoms with van der Waals surface area (Å²) >= 11 is 0. The maximum absolute atomic E-state index is 12.1. The standard InChI is InChI=1S/C10H8F4O3/c11-9(15)16-6-8(17-10(12,13)14)7-4-2-1-3-5-7/h1-5,8H,6H2. The Bertz CT molecular complexity index is 364. The van der Waals surface area contributed by atoms with Crippen LogP contribution < -0.4 is 0 Å². The van der Waals surface area contributed by atoms with E-state index in [4.69, 9.17) is 0 Å². The molecule has 3 nitrogen and oxygen atoms in total. The molecule has 0 bridgehead atoms. The first kappa shape index (κ1) is 13.4. The molecule has 0 aromatic heterocycles. The van der Waals surface area contributed by atoms with Gasteiger partial charge in [0.15, 0.2) is 0 Å². The van der Waals surface area contributed by atoms with E-state index in [2.05, 4.69) is 9.47 Å². The molecule has 1 aromatic rings. The van der Waals surface area contributed by atoms with Crippen molar-refractivity contribution in [2.45, 2.75) is 12.5 Å². The normalized spacial score (nSPS) is 13.2. The second-order valence-corrected chi connectivity index (χ2v) is 3.01. The highest BCUT2D eigenvalue weighted by Crippen LogP contribution is 2.28. The Morgan fingerprint density at radius 1 is 1.24 bits per heavy atom. The number of carbonyl (C=O) groups is 1. The average molecular weight is 252 g/mol. The number of hydrogen-bond acceptors (Lipinski definition) is 3. The zero-order valence-corrected chi connectivity index (χ0v) is 8.41. The fourth-order valence-electron chi connectivity index (χ4n) is 1.17. The van der Waals surface area contributed by atoms with Gasteiger partial charge in [-0.05, 0) is 5.56 Å². The van der Waals surface area contributed by atoms with E-state index in [0.717, 1.165) is 0 Å². The topological polar surface area (TPSA) is 35.5 Å². The third-order valence-corrected chi connectivity index (χ3v) is 1.80. The van der Waals surface area contributed by atoms with Crippen LogP contribution in [0.4, 0.5) is 22.4 Å². The van der Waals surface area contributed by atoms with Gasteiger partial charge in [-0.15, -0.1) is 17.6 Å². The van der Waals surface area contributed by atoms with E-state index in [1.165, 1.54) is 24.3 Å². The summed E-state index contributed by atoms with van der Waals surface area (Å²) in [6.45, 7) is -0.848. The van der Waals surface area contributed by atoms with Crippen LogP contribution in [-0.4, -0.2) is 19.2 Å². The molecule has 1 atom stereocenters. The molecule has 0 amide bonds. The van der Waals surface area contributed by atoms with E-state index >= 15 is 0 Å². The van der Waals surface area contributed by atoms with Crippen LogP contribution in [0, 0.1) is 0 Å². The van der Waals surface area contributed by atoms with Crippen molar-refractivity contribution < 1.29 is 31.8 Å². The van der Waals surface area contributed by atoms with Crippen LogP contribution in [0.3, 0.4) is 0 Å². The van der Waals surface area contributed by atoms with Gasteiger partial charge in [-0.2, -0.15) is 0 Å². The summed E-state index contributed by atoms with van der Waals surface area (Å²) in [6.07, 6.45) is -8.64. The molecule has 0 fully saturated rings. The van der Waals surface area contributed by atoms with Crippen LogP contribution in [0.5, 0.6) is 0 Å². The summed E-state index contributed by atoms with van der Waals surface area (Å²) in [5, 5.41) is 0. The van der Waals surface area contributed by atoms with E-state index in [9.17, 15) is 22.4 Å². The van der Waals surface area contributed by atoms with Crippen molar-refractivity contribution in [3.8, 4) is 0 Å². The highest BCUT2D eigenvalue weighted by atomic mass is 19.4. The molecule has 0 radical (unpaired) electrons. The van der Waals surface area contributed by atoms with Crippen molar-refractivity contribution in [2.24, 2.45) is 0 Å². The molecule has 0 aliphatic heterocycles. The van der Waals surface area contributed by atoms with E-state index in [1.807, 2.05) is 0 Å². The second-order valence-electron chi connectivity index (χ2n) is 3.01. The summed E-state index contributed by atoms with van der Waals surface area (Å²) in [6, 6.07) is 7.26. The highest BCUT2D eigenvalue weighted by molar-refractivity contribution is 5.57. The van der Waals surface area contributed by atoms with Crippen molar-refractivity contribution in [3.63, 3.8) is 0 Å². The predicted octanol–water partition coefficient (Wildman–Crippen LogP) is 3.37. The summed E-state index contributed by atoms with van der Waals surface area (Å²) in [4.78, 5) is 9.92. The Labute approximate surface area is 93.9 Å². The predicted molar refractivity (Wildman–Crippen MR) is 48.8 cm³/mol. The van der Waals surface area contributed by atoms with Gasteiger partial charge in [0.25, 0.3) is 0 Å². The largest absolute Gasteiger partial charge is 0.523 e. The van der Waals surface area contributed by atoms with Crippen LogP contribution in [0.1, 0.15) is 11.7 Å². The number of rotatable bonds is 4. The molecule has 0 spiro atoms. The zero-order valence-electron chi connectivity index (χ0n) is 8.41. The monoisotopic (exact) mass is 252 g/mol. The minimum atomic E-state index is -4.90. The molecule has 0 saturated heterocycles. The quantitative estimate of drug-likeness (QED) is 0.608. The molecule has 94 valence electrons. The van der Waals surface area contributed by atoms with Gasteiger partial charge in [-0.1, -0.05) is 30.3 Å². The molecule has 1 aromatic carbocycles. The molecular weight excluding hydrogens is 244 g/mol. The first-order chi connectivity index (χ1) is 7.88. The first-order valence-electron chi connectivity index (χ1n) is 4.50. The lowest BCUT2D eigenvalue weighted by molar-refractivity contribution is -0.347. The maximum atomic E-state index is 12.1. The summed E-state index contributed by atoms with van der Waals surface area (Å²) in [5.74, 6) is 0. The van der Waals surface area contributed by atoms with Gasteiger partial charge in [0.2, 0.25) is 0 Å². The fourth-order valence-corrected chi connectivity index (χ4v) is 1.17. The van der Waals surface area contributed by atoms with Gasteiger partial charge in [0.05, 0.1) is 0 Å². The average Bonchev–Trinajstić information content (AvgIpc) is 2.24. The minimum Gasteiger partial charge on any atom is -0.437 e. The zero-order chi connectivity index (χ0) is 12.9. The van der Waals surface area contributed by atoms with Crippen LogP contribution in [-0.2, 0) is 9.47 Å². The number of hydrogen-bond donors (Lipinski definition) is 0. The number of alkyl halides is 3. The van der Waals surface area contributed by atoms with E-state index in [-0.39, 0.29) is 5.56 Å². The van der Waals surface area contributed by atoms with Crippen molar-refractivity contribution in [2.75, 3.05) is 6.61 Å². The molecule has 0 aliphatic carbocycles. The minimum absolute atomic E-state index is 0.131. The van der Waals surface area contributed by atoms with Crippen LogP contribution in [0.15, 0.2) is 30.3 Å². The Morgan fingerprint density at radius 3 is 2.29 bits per heavy atom. The molecule has 1 rings (SSSR count). The molecule has 0 aliphatic rings. The van der Waals surface area contributed by atoms with Crippen molar-refractivity contribution >= 4 is 6.22 Å². The lowest BCUT2D eigenvalue weighted by atomic mass is 10.1. The molecule has 0 heterocycles. The van der Waals surface area contributed by atoms with Gasteiger partial charge in [0, 0.05) is 0 Å². The second kappa shape index (κ2) is 5.62. The lowest BCUT2D eigenvalue weighted by Crippen LogP contribution is -2.22. The third kappa shape index (κ3) is 5.30. The highest BCUT2D eigenvalue weighted by Gasteiger charge is 2.34. The van der Waals surface area contributed by atoms with Crippen molar-refractivity contribution in [1.82, 2.24) is 0 Å². The maximum Gasteiger partial charge on any atom is 0.523 e. The van der Waals surface area contributed by atoms with Gasteiger partial charge >= 0.3 is 12.6 Å². The fraction of sp³-hybridized carbons (Fsp3) is 0.300. The van der Waals surface area contributed by atoms with Crippen LogP contribution >= 0.6 is 0 Å². The van der Waals surface area contributed by atoms with Crippen LogP contribution in [0.25, 0.3) is 0 Å². The first-order valence-corrected chi connectivity index (χ1v) is 4.50. The van der Waals surface area contributed by atoms with E-state index < -0.39 is 25.3 Å². The summed E-state index contributed by atoms with van der Waals surface area (Å²) in [5.41, 5.74) is 0.131. The third-order valence-electron chi connectivity index (χ3n) is 1.80. The SMILES string of the molecule is O=C(F)OCC(OC(F)(F)F)c1ccccc1. The number of benzene rings is 1. The molecule has 1 unspecified atom stereocenters. The Kier molecular flexibility index (Phi) is 4.45. The lowest BCUT2D eigenvalue weighted by Gasteiger charge is -2.18. The Balaban J connectivity index is 2.75. The Morgan fingerprint density at radius 2 is 1.82 bits per heavy atom. The molecular formula is C10H8F4O3. The van der Waals surface area contributed by atoms with Crippen molar-refractivity contribution in [3.05, 3.63) is 35.9 Å². The molecule has 7 heteroatoms. The Hall–Kier alpha value is -1.63.